The molecule has 1 fully saturated rings. The van der Waals surface area contributed by atoms with E-state index in [4.69, 9.17) is 0 Å². The van der Waals surface area contributed by atoms with Crippen LogP contribution in [0.4, 0.5) is 5.69 Å². The van der Waals surface area contributed by atoms with E-state index in [-0.39, 0.29) is 0 Å². The highest BCUT2D eigenvalue weighted by molar-refractivity contribution is 5.53. The summed E-state index contributed by atoms with van der Waals surface area (Å²) in [7, 11) is 4.29. The molecule has 3 heteroatoms. The Balaban J connectivity index is 2.08. The normalized spacial score (nSPS) is 15.0. The van der Waals surface area contributed by atoms with Gasteiger partial charge < -0.3 is 15.1 Å². The third-order valence-electron chi connectivity index (χ3n) is 3.89. The molecule has 0 aliphatic heterocycles. The van der Waals surface area contributed by atoms with Gasteiger partial charge >= 0.3 is 0 Å². The SMILES string of the molecule is CC(C)CN(CCN(C)C)c1ccccc1CNC1CC1. The van der Waals surface area contributed by atoms with Crippen LogP contribution in [0.3, 0.4) is 0 Å². The highest BCUT2D eigenvalue weighted by Crippen LogP contribution is 2.24. The molecule has 1 aromatic rings. The highest BCUT2D eigenvalue weighted by Gasteiger charge is 2.21. The Kier molecular flexibility index (Phi) is 6.07. The first kappa shape index (κ1) is 16.3. The molecule has 0 amide bonds. The van der Waals surface area contributed by atoms with Crippen LogP contribution < -0.4 is 10.2 Å². The second-order valence-corrected chi connectivity index (χ2v) is 6.93. The maximum Gasteiger partial charge on any atom is 0.0412 e. The van der Waals surface area contributed by atoms with Gasteiger partial charge in [0.25, 0.3) is 0 Å². The Morgan fingerprint density at radius 1 is 1.14 bits per heavy atom. The number of hydrogen-bond acceptors (Lipinski definition) is 3. The van der Waals surface area contributed by atoms with Crippen LogP contribution in [0.1, 0.15) is 32.3 Å². The Hall–Kier alpha value is -1.06. The number of rotatable bonds is 9. The molecule has 0 bridgehead atoms. The van der Waals surface area contributed by atoms with Gasteiger partial charge in [-0.1, -0.05) is 32.0 Å². The molecule has 1 saturated carbocycles. The van der Waals surface area contributed by atoms with E-state index in [0.717, 1.165) is 32.2 Å². The zero-order chi connectivity index (χ0) is 15.2. The van der Waals surface area contributed by atoms with Crippen molar-refractivity contribution in [2.45, 2.75) is 39.3 Å². The lowest BCUT2D eigenvalue weighted by Crippen LogP contribution is -2.35. The van der Waals surface area contributed by atoms with Gasteiger partial charge in [0, 0.05) is 37.9 Å². The fourth-order valence-electron chi connectivity index (χ4n) is 2.58. The van der Waals surface area contributed by atoms with Crippen molar-refractivity contribution in [1.29, 1.82) is 0 Å². The van der Waals surface area contributed by atoms with Crippen molar-refractivity contribution in [3.8, 4) is 0 Å². The lowest BCUT2D eigenvalue weighted by molar-refractivity contribution is 0.408. The minimum Gasteiger partial charge on any atom is -0.370 e. The molecule has 0 unspecified atom stereocenters. The van der Waals surface area contributed by atoms with Crippen LogP contribution in [0.15, 0.2) is 24.3 Å². The highest BCUT2D eigenvalue weighted by atomic mass is 15.2. The average Bonchev–Trinajstić information content (AvgIpc) is 3.25. The second-order valence-electron chi connectivity index (χ2n) is 6.93. The summed E-state index contributed by atoms with van der Waals surface area (Å²) in [5, 5.41) is 3.65. The molecule has 0 aromatic heterocycles. The van der Waals surface area contributed by atoms with Crippen LogP contribution in [-0.2, 0) is 6.54 Å². The van der Waals surface area contributed by atoms with Gasteiger partial charge in [-0.2, -0.15) is 0 Å². The standard InChI is InChI=1S/C18H31N3/c1-15(2)14-21(12-11-20(3)4)18-8-6-5-7-16(18)13-19-17-9-10-17/h5-8,15,17,19H,9-14H2,1-4H3. The lowest BCUT2D eigenvalue weighted by Gasteiger charge is -2.30. The number of benzene rings is 1. The Morgan fingerprint density at radius 2 is 1.86 bits per heavy atom. The molecule has 3 nitrogen and oxygen atoms in total. The van der Waals surface area contributed by atoms with Gasteiger partial charge in [-0.05, 0) is 44.5 Å². The number of hydrogen-bond donors (Lipinski definition) is 1. The number of para-hydroxylation sites is 1. The molecule has 1 aliphatic rings. The Bertz CT molecular complexity index is 424. The van der Waals surface area contributed by atoms with Crippen molar-refractivity contribution in [2.75, 3.05) is 38.6 Å². The molecule has 1 aliphatic carbocycles. The molecule has 0 spiro atoms. The summed E-state index contributed by atoms with van der Waals surface area (Å²) in [6, 6.07) is 9.64. The van der Waals surface area contributed by atoms with Gasteiger partial charge in [-0.15, -0.1) is 0 Å². The minimum atomic E-state index is 0.677. The summed E-state index contributed by atoms with van der Waals surface area (Å²) >= 11 is 0. The summed E-state index contributed by atoms with van der Waals surface area (Å²) in [4.78, 5) is 4.81. The third kappa shape index (κ3) is 5.68. The van der Waals surface area contributed by atoms with Crippen LogP contribution >= 0.6 is 0 Å². The molecule has 1 aromatic carbocycles. The molecule has 2 rings (SSSR count). The molecular weight excluding hydrogens is 258 g/mol. The second kappa shape index (κ2) is 7.81. The van der Waals surface area contributed by atoms with Crippen LogP contribution in [-0.4, -0.2) is 44.7 Å². The monoisotopic (exact) mass is 289 g/mol. The van der Waals surface area contributed by atoms with Crippen LogP contribution in [0.5, 0.6) is 0 Å². The zero-order valence-corrected chi connectivity index (χ0v) is 14.1. The zero-order valence-electron chi connectivity index (χ0n) is 14.1. The predicted molar refractivity (Wildman–Crippen MR) is 91.9 cm³/mol. The van der Waals surface area contributed by atoms with Crippen molar-refractivity contribution in [3.05, 3.63) is 29.8 Å². The largest absolute Gasteiger partial charge is 0.370 e. The first-order valence-electron chi connectivity index (χ1n) is 8.27. The van der Waals surface area contributed by atoms with E-state index in [0.29, 0.717) is 5.92 Å². The Labute approximate surface area is 130 Å². The predicted octanol–water partition coefficient (Wildman–Crippen LogP) is 2.96. The molecule has 1 N–H and O–H groups in total. The van der Waals surface area contributed by atoms with Gasteiger partial charge in [0.15, 0.2) is 0 Å². The summed E-state index contributed by atoms with van der Waals surface area (Å²) in [6.07, 6.45) is 2.69. The number of nitrogens with zero attached hydrogens (tertiary/aromatic N) is 2. The van der Waals surface area contributed by atoms with Crippen LogP contribution in [0, 0.1) is 5.92 Å². The third-order valence-corrected chi connectivity index (χ3v) is 3.89. The van der Waals surface area contributed by atoms with Crippen molar-refractivity contribution < 1.29 is 0 Å². The summed E-state index contributed by atoms with van der Waals surface area (Å²) in [6.45, 7) is 8.90. The van der Waals surface area contributed by atoms with E-state index in [9.17, 15) is 0 Å². The van der Waals surface area contributed by atoms with E-state index < -0.39 is 0 Å². The van der Waals surface area contributed by atoms with Gasteiger partial charge in [0.05, 0.1) is 0 Å². The molecular formula is C18H31N3. The molecule has 0 saturated heterocycles. The minimum absolute atomic E-state index is 0.677. The molecule has 21 heavy (non-hydrogen) atoms. The van der Waals surface area contributed by atoms with Crippen molar-refractivity contribution >= 4 is 5.69 Å². The van der Waals surface area contributed by atoms with Crippen LogP contribution in [0.2, 0.25) is 0 Å². The quantitative estimate of drug-likeness (QED) is 0.754. The summed E-state index contributed by atoms with van der Waals surface area (Å²) in [5.74, 6) is 0.677. The first-order chi connectivity index (χ1) is 10.1. The summed E-state index contributed by atoms with van der Waals surface area (Å²) < 4.78 is 0. The molecule has 118 valence electrons. The number of likely N-dealkylation sites (N-methyl/N-ethyl adjacent to an activating group) is 1. The van der Waals surface area contributed by atoms with E-state index in [1.165, 1.54) is 24.1 Å². The van der Waals surface area contributed by atoms with E-state index in [1.54, 1.807) is 0 Å². The van der Waals surface area contributed by atoms with E-state index in [2.05, 4.69) is 67.3 Å². The number of anilines is 1. The molecule has 0 atom stereocenters. The van der Waals surface area contributed by atoms with Crippen LogP contribution in [0.25, 0.3) is 0 Å². The van der Waals surface area contributed by atoms with E-state index in [1.807, 2.05) is 0 Å². The Morgan fingerprint density at radius 3 is 2.48 bits per heavy atom. The van der Waals surface area contributed by atoms with Gasteiger partial charge in [-0.3, -0.25) is 0 Å². The van der Waals surface area contributed by atoms with Gasteiger partial charge in [0.1, 0.15) is 0 Å². The topological polar surface area (TPSA) is 18.5 Å². The van der Waals surface area contributed by atoms with Crippen molar-refractivity contribution in [2.24, 2.45) is 5.92 Å². The maximum absolute atomic E-state index is 3.65. The first-order valence-corrected chi connectivity index (χ1v) is 8.27. The fourth-order valence-corrected chi connectivity index (χ4v) is 2.58. The summed E-state index contributed by atoms with van der Waals surface area (Å²) in [5.41, 5.74) is 2.84. The maximum atomic E-state index is 3.65. The molecule has 0 radical (unpaired) electrons. The smallest absolute Gasteiger partial charge is 0.0412 e. The van der Waals surface area contributed by atoms with Gasteiger partial charge in [-0.25, -0.2) is 0 Å². The van der Waals surface area contributed by atoms with E-state index >= 15 is 0 Å². The van der Waals surface area contributed by atoms with Gasteiger partial charge in [0.2, 0.25) is 0 Å². The lowest BCUT2D eigenvalue weighted by atomic mass is 10.1. The number of nitrogens with one attached hydrogen (secondary N) is 1. The molecule has 0 heterocycles. The van der Waals surface area contributed by atoms with Crippen molar-refractivity contribution in [3.63, 3.8) is 0 Å². The van der Waals surface area contributed by atoms with Crippen molar-refractivity contribution in [1.82, 2.24) is 10.2 Å². The fraction of sp³-hybridized carbons (Fsp3) is 0.667. The average molecular weight is 289 g/mol.